The number of hydrogen-bond donors (Lipinski definition) is 1. The second-order valence-electron chi connectivity index (χ2n) is 6.89. The average molecular weight is 419 g/mol. The van der Waals surface area contributed by atoms with E-state index in [0.29, 0.717) is 5.56 Å². The molecule has 1 aliphatic rings. The predicted octanol–water partition coefficient (Wildman–Crippen LogP) is 3.97. The number of benzene rings is 1. The SMILES string of the molecule is O=C(O)C(Cc1ccccc1)N(C/C=C/C1CCCCC1)S(=O)(=O)C(F)(F)F. The van der Waals surface area contributed by atoms with Crippen molar-refractivity contribution < 1.29 is 31.5 Å². The predicted molar refractivity (Wildman–Crippen MR) is 99.0 cm³/mol. The van der Waals surface area contributed by atoms with E-state index in [1.807, 2.05) is 0 Å². The van der Waals surface area contributed by atoms with Crippen LogP contribution in [0.5, 0.6) is 0 Å². The molecule has 0 amide bonds. The molecule has 9 heteroatoms. The molecule has 1 aromatic carbocycles. The topological polar surface area (TPSA) is 74.7 Å². The van der Waals surface area contributed by atoms with Gasteiger partial charge in [0.2, 0.25) is 0 Å². The standard InChI is InChI=1S/C19H24F3NO4S/c20-19(21,22)28(26,27)23(13-7-12-15-8-3-1-4-9-15)17(18(24)25)14-16-10-5-2-6-11-16/h2,5-7,10-12,15,17H,1,3-4,8-9,13-14H2,(H,24,25)/b12-7+. The van der Waals surface area contributed by atoms with Crippen molar-refractivity contribution in [3.63, 3.8) is 0 Å². The molecule has 1 atom stereocenters. The Labute approximate surface area is 162 Å². The van der Waals surface area contributed by atoms with Crippen molar-refractivity contribution in [2.24, 2.45) is 5.92 Å². The molecule has 1 aliphatic carbocycles. The van der Waals surface area contributed by atoms with Crippen molar-refractivity contribution in [2.45, 2.75) is 50.1 Å². The van der Waals surface area contributed by atoms with Gasteiger partial charge in [0.1, 0.15) is 6.04 Å². The van der Waals surface area contributed by atoms with Crippen LogP contribution in [0.3, 0.4) is 0 Å². The van der Waals surface area contributed by atoms with Gasteiger partial charge in [-0.05, 0) is 30.7 Å². The molecule has 0 spiro atoms. The Balaban J connectivity index is 2.29. The van der Waals surface area contributed by atoms with Gasteiger partial charge in [-0.25, -0.2) is 8.42 Å². The van der Waals surface area contributed by atoms with Gasteiger partial charge in [-0.2, -0.15) is 17.5 Å². The number of aliphatic carboxylic acids is 1. The van der Waals surface area contributed by atoms with Crippen LogP contribution in [-0.4, -0.2) is 41.9 Å². The van der Waals surface area contributed by atoms with Crippen LogP contribution in [0.2, 0.25) is 0 Å². The molecule has 1 aromatic rings. The normalized spacial score (nSPS) is 17.9. The van der Waals surface area contributed by atoms with Crippen LogP contribution in [0, 0.1) is 5.92 Å². The number of allylic oxidation sites excluding steroid dienone is 1. The Hall–Kier alpha value is -1.87. The quantitative estimate of drug-likeness (QED) is 0.647. The molecule has 0 radical (unpaired) electrons. The number of halogens is 3. The fraction of sp³-hybridized carbons (Fsp3) is 0.526. The summed E-state index contributed by atoms with van der Waals surface area (Å²) in [5.74, 6) is -1.44. The molecule has 1 fully saturated rings. The van der Waals surface area contributed by atoms with Gasteiger partial charge in [0, 0.05) is 6.54 Å². The van der Waals surface area contributed by atoms with Gasteiger partial charge in [-0.1, -0.05) is 61.7 Å². The largest absolute Gasteiger partial charge is 0.511 e. The molecule has 2 rings (SSSR count). The molecule has 0 heterocycles. The van der Waals surface area contributed by atoms with E-state index in [-0.39, 0.29) is 16.6 Å². The van der Waals surface area contributed by atoms with Crippen molar-refractivity contribution in [1.82, 2.24) is 4.31 Å². The zero-order valence-electron chi connectivity index (χ0n) is 15.3. The highest BCUT2D eigenvalue weighted by Crippen LogP contribution is 2.30. The fourth-order valence-electron chi connectivity index (χ4n) is 3.36. The number of hydrogen-bond acceptors (Lipinski definition) is 3. The van der Waals surface area contributed by atoms with Crippen LogP contribution in [0.15, 0.2) is 42.5 Å². The lowest BCUT2D eigenvalue weighted by Gasteiger charge is -2.28. The minimum atomic E-state index is -5.80. The van der Waals surface area contributed by atoms with E-state index in [1.54, 1.807) is 36.4 Å². The molecular formula is C19H24F3NO4S. The second-order valence-corrected chi connectivity index (χ2v) is 8.77. The summed E-state index contributed by atoms with van der Waals surface area (Å²) in [6, 6.07) is 6.14. The summed E-state index contributed by atoms with van der Waals surface area (Å²) in [5.41, 5.74) is -5.13. The number of sulfonamides is 1. The maximum atomic E-state index is 13.2. The van der Waals surface area contributed by atoms with Crippen LogP contribution in [-0.2, 0) is 21.2 Å². The Kier molecular flexibility index (Phi) is 7.65. The first-order chi connectivity index (χ1) is 13.1. The number of carboxylic acid groups (broad SMARTS) is 1. The summed E-state index contributed by atoms with van der Waals surface area (Å²) in [6.07, 6.45) is 7.64. The van der Waals surface area contributed by atoms with E-state index in [1.165, 1.54) is 6.08 Å². The van der Waals surface area contributed by atoms with E-state index >= 15 is 0 Å². The van der Waals surface area contributed by atoms with Crippen LogP contribution >= 0.6 is 0 Å². The molecule has 0 aliphatic heterocycles. The maximum Gasteiger partial charge on any atom is 0.511 e. The van der Waals surface area contributed by atoms with Crippen molar-refractivity contribution in [3.05, 3.63) is 48.0 Å². The summed E-state index contributed by atoms with van der Waals surface area (Å²) in [6.45, 7) is -0.637. The highest BCUT2D eigenvalue weighted by atomic mass is 32.2. The Morgan fingerprint density at radius 3 is 2.32 bits per heavy atom. The molecular weight excluding hydrogens is 395 g/mol. The first kappa shape index (κ1) is 22.4. The van der Waals surface area contributed by atoms with Crippen LogP contribution in [0.25, 0.3) is 0 Å². The van der Waals surface area contributed by atoms with Crippen LogP contribution in [0.1, 0.15) is 37.7 Å². The van der Waals surface area contributed by atoms with Crippen LogP contribution < -0.4 is 0 Å². The third-order valence-corrected chi connectivity index (χ3v) is 6.46. The van der Waals surface area contributed by atoms with Gasteiger partial charge in [0.05, 0.1) is 0 Å². The highest BCUT2D eigenvalue weighted by Gasteiger charge is 2.52. The lowest BCUT2D eigenvalue weighted by atomic mass is 9.89. The van der Waals surface area contributed by atoms with E-state index in [9.17, 15) is 31.5 Å². The van der Waals surface area contributed by atoms with E-state index < -0.39 is 34.1 Å². The van der Waals surface area contributed by atoms with Gasteiger partial charge in [-0.3, -0.25) is 4.79 Å². The second kappa shape index (κ2) is 9.56. The number of carboxylic acids is 1. The molecule has 28 heavy (non-hydrogen) atoms. The van der Waals surface area contributed by atoms with E-state index in [2.05, 4.69) is 0 Å². The summed E-state index contributed by atoms with van der Waals surface area (Å²) >= 11 is 0. The highest BCUT2D eigenvalue weighted by molar-refractivity contribution is 7.90. The van der Waals surface area contributed by atoms with Gasteiger partial charge < -0.3 is 5.11 Å². The molecule has 156 valence electrons. The third-order valence-electron chi connectivity index (χ3n) is 4.85. The van der Waals surface area contributed by atoms with Crippen molar-refractivity contribution >= 4 is 16.0 Å². The summed E-state index contributed by atoms with van der Waals surface area (Å²) in [4.78, 5) is 11.7. The van der Waals surface area contributed by atoms with Crippen molar-refractivity contribution in [1.29, 1.82) is 0 Å². The Morgan fingerprint density at radius 2 is 1.79 bits per heavy atom. The monoisotopic (exact) mass is 419 g/mol. The van der Waals surface area contributed by atoms with Crippen LogP contribution in [0.4, 0.5) is 13.2 Å². The third kappa shape index (κ3) is 5.81. The average Bonchev–Trinajstić information content (AvgIpc) is 2.64. The smallest absolute Gasteiger partial charge is 0.480 e. The van der Waals surface area contributed by atoms with Gasteiger partial charge in [0.25, 0.3) is 0 Å². The van der Waals surface area contributed by atoms with Crippen molar-refractivity contribution in [2.75, 3.05) is 6.54 Å². The minimum Gasteiger partial charge on any atom is -0.480 e. The number of rotatable bonds is 8. The lowest BCUT2D eigenvalue weighted by molar-refractivity contribution is -0.141. The molecule has 1 N–H and O–H groups in total. The molecule has 0 saturated heterocycles. The zero-order chi connectivity index (χ0) is 20.8. The lowest BCUT2D eigenvalue weighted by Crippen LogP contribution is -2.51. The number of nitrogens with zero attached hydrogens (tertiary/aromatic N) is 1. The number of alkyl halides is 3. The summed E-state index contributed by atoms with van der Waals surface area (Å²) in [5, 5.41) is 9.48. The van der Waals surface area contributed by atoms with Gasteiger partial charge >= 0.3 is 21.5 Å². The first-order valence-electron chi connectivity index (χ1n) is 9.14. The molecule has 5 nitrogen and oxygen atoms in total. The van der Waals surface area contributed by atoms with Crippen molar-refractivity contribution in [3.8, 4) is 0 Å². The molecule has 1 saturated carbocycles. The van der Waals surface area contributed by atoms with Gasteiger partial charge in [0.15, 0.2) is 0 Å². The first-order valence-corrected chi connectivity index (χ1v) is 10.6. The fourth-order valence-corrected chi connectivity index (χ4v) is 4.41. The van der Waals surface area contributed by atoms with Gasteiger partial charge in [-0.15, -0.1) is 0 Å². The summed E-state index contributed by atoms with van der Waals surface area (Å²) < 4.78 is 63.7. The Bertz CT molecular complexity index is 772. The maximum absolute atomic E-state index is 13.2. The molecule has 1 unspecified atom stereocenters. The zero-order valence-corrected chi connectivity index (χ0v) is 16.1. The number of carbonyl (C=O) groups is 1. The Morgan fingerprint density at radius 1 is 1.18 bits per heavy atom. The minimum absolute atomic E-state index is 0.0433. The summed E-state index contributed by atoms with van der Waals surface area (Å²) in [7, 11) is -5.80. The van der Waals surface area contributed by atoms with E-state index in [0.717, 1.165) is 32.1 Å². The molecule has 0 bridgehead atoms. The molecule has 0 aromatic heterocycles. The van der Waals surface area contributed by atoms with E-state index in [4.69, 9.17) is 0 Å².